The molecule has 0 saturated heterocycles. The first-order valence-corrected chi connectivity index (χ1v) is 10.7. The van der Waals surface area contributed by atoms with Crippen LogP contribution >= 0.6 is 0 Å². The molecule has 4 aromatic carbocycles. The van der Waals surface area contributed by atoms with Gasteiger partial charge in [0.15, 0.2) is 0 Å². The molecule has 0 heterocycles. The second-order valence-corrected chi connectivity index (χ2v) is 7.27. The van der Waals surface area contributed by atoms with Crippen LogP contribution < -0.4 is 15.0 Å². The van der Waals surface area contributed by atoms with Gasteiger partial charge in [-0.2, -0.15) is 0 Å². The molecule has 0 bridgehead atoms. The summed E-state index contributed by atoms with van der Waals surface area (Å²) in [6, 6.07) is 27.5. The number of hydroxylamine groups is 3. The Balaban J connectivity index is 0.000000191. The van der Waals surface area contributed by atoms with Crippen molar-refractivity contribution in [3.05, 3.63) is 84.9 Å². The Morgan fingerprint density at radius 3 is 1.79 bits per heavy atom. The van der Waals surface area contributed by atoms with E-state index in [1.807, 2.05) is 84.9 Å². The van der Waals surface area contributed by atoms with Crippen molar-refractivity contribution in [2.75, 3.05) is 19.8 Å². The zero-order valence-electron chi connectivity index (χ0n) is 18.5. The maximum absolute atomic E-state index is 10.8. The first-order valence-electron chi connectivity index (χ1n) is 10.7. The number of rotatable bonds is 9. The van der Waals surface area contributed by atoms with Gasteiger partial charge < -0.3 is 9.47 Å². The Morgan fingerprint density at radius 1 is 0.794 bits per heavy atom. The van der Waals surface area contributed by atoms with E-state index in [2.05, 4.69) is 0 Å². The van der Waals surface area contributed by atoms with E-state index in [4.69, 9.17) is 19.9 Å². The van der Waals surface area contributed by atoms with E-state index in [0.717, 1.165) is 33.0 Å². The SMILES string of the molecule is O=C(CCOc1ccc2ccccc2c1)NO.O=CN(O)CCOc1ccc2ccccc2c1. The Labute approximate surface area is 196 Å². The fourth-order valence-corrected chi connectivity index (χ4v) is 3.14. The number of nitrogens with one attached hydrogen (secondary N) is 1. The van der Waals surface area contributed by atoms with Crippen molar-refractivity contribution in [1.29, 1.82) is 0 Å². The van der Waals surface area contributed by atoms with Gasteiger partial charge in [-0.05, 0) is 45.8 Å². The largest absolute Gasteiger partial charge is 0.493 e. The lowest BCUT2D eigenvalue weighted by atomic mass is 10.1. The minimum Gasteiger partial charge on any atom is -0.493 e. The molecule has 0 spiro atoms. The normalized spacial score (nSPS) is 10.2. The van der Waals surface area contributed by atoms with Gasteiger partial charge in [-0.3, -0.25) is 20.0 Å². The van der Waals surface area contributed by atoms with Crippen LogP contribution in [0, 0.1) is 0 Å². The molecule has 0 fully saturated rings. The standard InChI is InChI=1S/2C13H13NO3/c15-10-14(16)7-8-17-13-6-5-11-3-1-2-4-12(11)9-13;15-13(14-16)7-8-17-12-6-5-10-3-1-2-4-11(10)9-12/h1-6,9-10,16H,7-8H2;1-6,9,16H,7-8H2,(H,14,15). The van der Waals surface area contributed by atoms with Crippen molar-refractivity contribution in [3.63, 3.8) is 0 Å². The van der Waals surface area contributed by atoms with Crippen molar-refractivity contribution >= 4 is 33.9 Å². The lowest BCUT2D eigenvalue weighted by molar-refractivity contribution is -0.150. The Bertz CT molecular complexity index is 1230. The van der Waals surface area contributed by atoms with E-state index in [1.54, 1.807) is 5.48 Å². The lowest BCUT2D eigenvalue weighted by Crippen LogP contribution is -2.23. The number of carbonyl (C=O) groups is 2. The molecular weight excluding hydrogens is 436 g/mol. The molecule has 0 aliphatic rings. The van der Waals surface area contributed by atoms with Crippen LogP contribution in [0.5, 0.6) is 11.5 Å². The molecule has 0 aromatic heterocycles. The van der Waals surface area contributed by atoms with Crippen molar-refractivity contribution in [1.82, 2.24) is 10.5 Å². The maximum Gasteiger partial charge on any atom is 0.246 e. The highest BCUT2D eigenvalue weighted by Gasteiger charge is 2.01. The monoisotopic (exact) mass is 462 g/mol. The molecule has 4 rings (SSSR count). The zero-order chi connectivity index (χ0) is 24.2. The van der Waals surface area contributed by atoms with Gasteiger partial charge in [0, 0.05) is 0 Å². The minimum absolute atomic E-state index is 0.128. The van der Waals surface area contributed by atoms with Crippen LogP contribution in [0.25, 0.3) is 21.5 Å². The molecule has 0 saturated carbocycles. The van der Waals surface area contributed by atoms with Crippen LogP contribution in [0.4, 0.5) is 0 Å². The molecule has 8 nitrogen and oxygen atoms in total. The zero-order valence-corrected chi connectivity index (χ0v) is 18.5. The van der Waals surface area contributed by atoms with Crippen molar-refractivity contribution in [2.24, 2.45) is 0 Å². The minimum atomic E-state index is -0.453. The summed E-state index contributed by atoms with van der Waals surface area (Å²) < 4.78 is 10.8. The third-order valence-electron chi connectivity index (χ3n) is 4.88. The van der Waals surface area contributed by atoms with Gasteiger partial charge >= 0.3 is 0 Å². The van der Waals surface area contributed by atoms with E-state index in [-0.39, 0.29) is 26.2 Å². The number of carbonyl (C=O) groups excluding carboxylic acids is 2. The number of nitrogens with zero attached hydrogens (tertiary/aromatic N) is 1. The highest BCUT2D eigenvalue weighted by Crippen LogP contribution is 2.21. The molecule has 34 heavy (non-hydrogen) atoms. The average Bonchev–Trinajstić information content (AvgIpc) is 2.88. The molecule has 0 aliphatic heterocycles. The van der Waals surface area contributed by atoms with E-state index < -0.39 is 5.91 Å². The van der Waals surface area contributed by atoms with Crippen LogP contribution in [0.2, 0.25) is 0 Å². The highest BCUT2D eigenvalue weighted by molar-refractivity contribution is 5.84. The van der Waals surface area contributed by atoms with Crippen molar-refractivity contribution in [2.45, 2.75) is 6.42 Å². The summed E-state index contributed by atoms with van der Waals surface area (Å²) in [6.07, 6.45) is 0.479. The van der Waals surface area contributed by atoms with Gasteiger partial charge in [0.05, 0.1) is 19.6 Å². The molecule has 2 amide bonds. The van der Waals surface area contributed by atoms with Crippen LogP contribution in [0.15, 0.2) is 84.9 Å². The summed E-state index contributed by atoms with van der Waals surface area (Å²) in [6.45, 7) is 0.647. The molecule has 176 valence electrons. The predicted octanol–water partition coefficient (Wildman–Crippen LogP) is 4.18. The van der Waals surface area contributed by atoms with E-state index >= 15 is 0 Å². The molecule has 4 aromatic rings. The molecular formula is C26H26N2O6. The van der Waals surface area contributed by atoms with Crippen LogP contribution in [-0.4, -0.2) is 47.6 Å². The quantitative estimate of drug-likeness (QED) is 0.196. The number of fused-ring (bicyclic) bond motifs is 2. The van der Waals surface area contributed by atoms with Gasteiger partial charge in [0.25, 0.3) is 0 Å². The molecule has 3 N–H and O–H groups in total. The van der Waals surface area contributed by atoms with Crippen LogP contribution in [0.1, 0.15) is 6.42 Å². The van der Waals surface area contributed by atoms with Crippen molar-refractivity contribution in [3.8, 4) is 11.5 Å². The van der Waals surface area contributed by atoms with Crippen molar-refractivity contribution < 1.29 is 29.5 Å². The summed E-state index contributed by atoms with van der Waals surface area (Å²) in [7, 11) is 0. The molecule has 0 unspecified atom stereocenters. The highest BCUT2D eigenvalue weighted by atomic mass is 16.5. The lowest BCUT2D eigenvalue weighted by Gasteiger charge is -2.10. The third kappa shape index (κ3) is 7.47. The number of hydrogen-bond donors (Lipinski definition) is 3. The van der Waals surface area contributed by atoms with Crippen LogP contribution in [-0.2, 0) is 9.59 Å². The van der Waals surface area contributed by atoms with E-state index in [9.17, 15) is 9.59 Å². The fraction of sp³-hybridized carbons (Fsp3) is 0.154. The smallest absolute Gasteiger partial charge is 0.246 e. The summed E-state index contributed by atoms with van der Waals surface area (Å²) in [5, 5.41) is 22.3. The van der Waals surface area contributed by atoms with Gasteiger partial charge in [-0.15, -0.1) is 0 Å². The fourth-order valence-electron chi connectivity index (χ4n) is 3.14. The van der Waals surface area contributed by atoms with Gasteiger partial charge in [0.1, 0.15) is 18.1 Å². The topological polar surface area (TPSA) is 108 Å². The Kier molecular flexibility index (Phi) is 9.21. The molecule has 0 aliphatic carbocycles. The Morgan fingerprint density at radius 2 is 1.29 bits per heavy atom. The molecule has 8 heteroatoms. The summed E-state index contributed by atoms with van der Waals surface area (Å²) in [5.41, 5.74) is 1.56. The van der Waals surface area contributed by atoms with E-state index in [1.165, 1.54) is 0 Å². The Hall–Kier alpha value is -4.14. The van der Waals surface area contributed by atoms with Crippen LogP contribution in [0.3, 0.4) is 0 Å². The molecule has 0 atom stereocenters. The van der Waals surface area contributed by atoms with E-state index in [0.29, 0.717) is 11.5 Å². The predicted molar refractivity (Wildman–Crippen MR) is 128 cm³/mol. The summed E-state index contributed by atoms with van der Waals surface area (Å²) in [4.78, 5) is 20.9. The van der Waals surface area contributed by atoms with Gasteiger partial charge in [0.2, 0.25) is 12.3 Å². The molecule has 0 radical (unpaired) electrons. The first-order chi connectivity index (χ1) is 16.6. The first kappa shape index (κ1) is 24.5. The average molecular weight is 463 g/mol. The maximum atomic E-state index is 10.8. The summed E-state index contributed by atoms with van der Waals surface area (Å²) in [5.74, 6) is 0.989. The number of hydrogen-bond acceptors (Lipinski definition) is 6. The number of ether oxygens (including phenoxy) is 2. The van der Waals surface area contributed by atoms with Gasteiger partial charge in [-0.25, -0.2) is 10.5 Å². The number of benzene rings is 4. The third-order valence-corrected chi connectivity index (χ3v) is 4.88. The number of amides is 2. The van der Waals surface area contributed by atoms with Gasteiger partial charge in [-0.1, -0.05) is 60.7 Å². The summed E-state index contributed by atoms with van der Waals surface area (Å²) >= 11 is 0. The second-order valence-electron chi connectivity index (χ2n) is 7.27. The second kappa shape index (κ2) is 12.8.